The molecule has 0 radical (unpaired) electrons. The molecule has 0 aliphatic heterocycles. The third-order valence-electron chi connectivity index (χ3n) is 1.74. The molecule has 0 spiro atoms. The van der Waals surface area contributed by atoms with E-state index in [0.29, 0.717) is 5.92 Å². The molecule has 0 saturated heterocycles. The first-order valence-electron chi connectivity index (χ1n) is 2.93. The van der Waals surface area contributed by atoms with E-state index >= 15 is 0 Å². The third-order valence-corrected chi connectivity index (χ3v) is 1.74. The predicted molar refractivity (Wildman–Crippen MR) is 41.4 cm³/mol. The molecule has 1 fully saturated rings. The summed E-state index contributed by atoms with van der Waals surface area (Å²) in [5.74, 6) is 3.19. The Morgan fingerprint density at radius 2 is 2.11 bits per heavy atom. The van der Waals surface area contributed by atoms with Crippen molar-refractivity contribution in [2.24, 2.45) is 11.7 Å². The summed E-state index contributed by atoms with van der Waals surface area (Å²) >= 11 is 0. The Hall–Kier alpha value is -0.190. The molecule has 2 heteroatoms. The summed E-state index contributed by atoms with van der Waals surface area (Å²) in [7, 11) is 0. The van der Waals surface area contributed by atoms with Gasteiger partial charge in [-0.25, -0.2) is 0 Å². The Kier molecular flexibility index (Phi) is 2.54. The highest BCUT2D eigenvalue weighted by atomic mass is 35.5. The van der Waals surface area contributed by atoms with Gasteiger partial charge in [0.2, 0.25) is 0 Å². The average molecular weight is 146 g/mol. The number of hydrogen-bond acceptors (Lipinski definition) is 1. The van der Waals surface area contributed by atoms with Crippen LogP contribution in [0.5, 0.6) is 0 Å². The summed E-state index contributed by atoms with van der Waals surface area (Å²) in [5.41, 5.74) is 5.37. The number of halogens is 1. The molecule has 52 valence electrons. The third kappa shape index (κ3) is 1.89. The molecule has 1 aliphatic rings. The molecule has 0 unspecified atom stereocenters. The quantitative estimate of drug-likeness (QED) is 0.551. The molecule has 1 aliphatic carbocycles. The van der Waals surface area contributed by atoms with Gasteiger partial charge in [0.25, 0.3) is 0 Å². The van der Waals surface area contributed by atoms with Crippen molar-refractivity contribution in [3.05, 3.63) is 0 Å². The predicted octanol–water partition coefficient (Wildman–Crippen LogP) is 1.17. The van der Waals surface area contributed by atoms with Crippen LogP contribution in [0, 0.1) is 18.3 Å². The molecule has 9 heavy (non-hydrogen) atoms. The fourth-order valence-electron chi connectivity index (χ4n) is 0.801. The van der Waals surface area contributed by atoms with Gasteiger partial charge in [0.1, 0.15) is 0 Å². The second kappa shape index (κ2) is 2.60. The second-order valence-electron chi connectivity index (χ2n) is 2.70. The van der Waals surface area contributed by atoms with Gasteiger partial charge in [-0.3, -0.25) is 0 Å². The lowest BCUT2D eigenvalue weighted by Crippen LogP contribution is -2.36. The van der Waals surface area contributed by atoms with Crippen LogP contribution in [0.1, 0.15) is 19.8 Å². The van der Waals surface area contributed by atoms with Crippen LogP contribution in [0.15, 0.2) is 0 Å². The van der Waals surface area contributed by atoms with E-state index in [0.717, 1.165) is 0 Å². The Morgan fingerprint density at radius 1 is 1.67 bits per heavy atom. The number of hydrogen-bond donors (Lipinski definition) is 1. The Labute approximate surface area is 62.4 Å². The van der Waals surface area contributed by atoms with Crippen LogP contribution in [-0.4, -0.2) is 5.54 Å². The summed E-state index contributed by atoms with van der Waals surface area (Å²) in [4.78, 5) is 0. The number of nitrogens with two attached hydrogens (primary N) is 1. The molecule has 0 aromatic rings. The largest absolute Gasteiger partial charge is 0.315 e. The van der Waals surface area contributed by atoms with E-state index < -0.39 is 0 Å². The van der Waals surface area contributed by atoms with Gasteiger partial charge < -0.3 is 5.73 Å². The van der Waals surface area contributed by atoms with Crippen molar-refractivity contribution < 1.29 is 0 Å². The highest BCUT2D eigenvalue weighted by molar-refractivity contribution is 5.85. The summed E-state index contributed by atoms with van der Waals surface area (Å²) < 4.78 is 0. The van der Waals surface area contributed by atoms with Crippen molar-refractivity contribution >= 4 is 12.4 Å². The molecule has 0 bridgehead atoms. The van der Waals surface area contributed by atoms with Gasteiger partial charge in [0.15, 0.2) is 0 Å². The monoisotopic (exact) mass is 145 g/mol. The van der Waals surface area contributed by atoms with E-state index in [1.54, 1.807) is 0 Å². The van der Waals surface area contributed by atoms with E-state index in [4.69, 9.17) is 12.2 Å². The van der Waals surface area contributed by atoms with Crippen LogP contribution in [0.3, 0.4) is 0 Å². The molecule has 0 heterocycles. The first kappa shape index (κ1) is 8.81. The van der Waals surface area contributed by atoms with Crippen molar-refractivity contribution in [1.82, 2.24) is 0 Å². The van der Waals surface area contributed by atoms with E-state index in [1.807, 2.05) is 6.92 Å². The minimum absolute atomic E-state index is 0. The van der Waals surface area contributed by atoms with Gasteiger partial charge >= 0.3 is 0 Å². The van der Waals surface area contributed by atoms with E-state index in [2.05, 4.69) is 5.92 Å². The van der Waals surface area contributed by atoms with Crippen LogP contribution in [0.2, 0.25) is 0 Å². The zero-order valence-electron chi connectivity index (χ0n) is 5.55. The minimum Gasteiger partial charge on any atom is -0.315 e. The molecular formula is C7H12ClN. The molecule has 0 amide bonds. The summed E-state index contributed by atoms with van der Waals surface area (Å²) in [6.45, 7) is 1.92. The normalized spacial score (nSPS) is 23.2. The van der Waals surface area contributed by atoms with Gasteiger partial charge in [-0.2, -0.15) is 0 Å². The van der Waals surface area contributed by atoms with Crippen LogP contribution in [0.4, 0.5) is 0 Å². The number of terminal acetylenes is 1. The zero-order chi connectivity index (χ0) is 6.20. The average Bonchev–Trinajstić information content (AvgIpc) is 2.44. The second-order valence-corrected chi connectivity index (χ2v) is 2.70. The molecule has 0 aromatic carbocycles. The van der Waals surface area contributed by atoms with Crippen molar-refractivity contribution in [3.8, 4) is 12.3 Å². The highest BCUT2D eigenvalue weighted by Crippen LogP contribution is 2.37. The zero-order valence-corrected chi connectivity index (χ0v) is 6.37. The molecule has 2 N–H and O–H groups in total. The Bertz CT molecular complexity index is 130. The van der Waals surface area contributed by atoms with Gasteiger partial charge in [0, 0.05) is 0 Å². The molecule has 1 rings (SSSR count). The molecule has 1 nitrogen and oxygen atoms in total. The summed E-state index contributed by atoms with van der Waals surface area (Å²) in [6, 6.07) is 0. The fraction of sp³-hybridized carbons (Fsp3) is 0.714. The summed E-state index contributed by atoms with van der Waals surface area (Å²) in [5, 5.41) is 0. The first-order chi connectivity index (χ1) is 3.67. The maximum Gasteiger partial charge on any atom is 0.0773 e. The lowest BCUT2D eigenvalue weighted by Gasteiger charge is -2.14. The van der Waals surface area contributed by atoms with Crippen molar-refractivity contribution in [3.63, 3.8) is 0 Å². The highest BCUT2D eigenvalue weighted by Gasteiger charge is 2.36. The summed E-state index contributed by atoms with van der Waals surface area (Å²) in [6.07, 6.45) is 7.61. The van der Waals surface area contributed by atoms with Gasteiger partial charge in [-0.15, -0.1) is 18.8 Å². The maximum atomic E-state index is 5.69. The van der Waals surface area contributed by atoms with Crippen LogP contribution in [0.25, 0.3) is 0 Å². The van der Waals surface area contributed by atoms with Crippen molar-refractivity contribution in [2.45, 2.75) is 25.3 Å². The van der Waals surface area contributed by atoms with Crippen LogP contribution in [-0.2, 0) is 0 Å². The standard InChI is InChI=1S/C7H11N.ClH/c1-3-7(2,8)6-4-5-6;/h1,6H,4-5,8H2,2H3;1H/t7-;/m1./s1. The van der Waals surface area contributed by atoms with Crippen molar-refractivity contribution in [1.29, 1.82) is 0 Å². The molecule has 1 atom stereocenters. The maximum absolute atomic E-state index is 5.69. The van der Waals surface area contributed by atoms with E-state index in [9.17, 15) is 0 Å². The molecular weight excluding hydrogens is 134 g/mol. The van der Waals surface area contributed by atoms with E-state index in [-0.39, 0.29) is 17.9 Å². The molecule has 0 aromatic heterocycles. The topological polar surface area (TPSA) is 26.0 Å². The first-order valence-corrected chi connectivity index (χ1v) is 2.93. The SMILES string of the molecule is C#C[C@@](C)(N)C1CC1.Cl. The minimum atomic E-state index is -0.319. The lowest BCUT2D eigenvalue weighted by atomic mass is 9.99. The van der Waals surface area contributed by atoms with Crippen LogP contribution < -0.4 is 5.73 Å². The lowest BCUT2D eigenvalue weighted by molar-refractivity contribution is 0.530. The van der Waals surface area contributed by atoms with Crippen LogP contribution >= 0.6 is 12.4 Å². The Balaban J connectivity index is 0.000000640. The smallest absolute Gasteiger partial charge is 0.0773 e. The molecule has 1 saturated carbocycles. The number of rotatable bonds is 1. The van der Waals surface area contributed by atoms with Gasteiger partial charge in [-0.05, 0) is 25.7 Å². The van der Waals surface area contributed by atoms with Gasteiger partial charge in [0.05, 0.1) is 5.54 Å². The fourth-order valence-corrected chi connectivity index (χ4v) is 0.801. The van der Waals surface area contributed by atoms with Gasteiger partial charge in [-0.1, -0.05) is 5.92 Å². The van der Waals surface area contributed by atoms with E-state index in [1.165, 1.54) is 12.8 Å². The Morgan fingerprint density at radius 3 is 2.22 bits per heavy atom. The van der Waals surface area contributed by atoms with Crippen molar-refractivity contribution in [2.75, 3.05) is 0 Å².